The smallest absolute Gasteiger partial charge is 0.362 e. The average molecular weight is 567 g/mol. The number of amides is 2. The number of aromatic nitrogens is 2. The number of benzene rings is 1. The van der Waals surface area contributed by atoms with Crippen LogP contribution in [0.5, 0.6) is 11.8 Å². The zero-order valence-electron chi connectivity index (χ0n) is 21.5. The maximum absolute atomic E-state index is 13.1. The van der Waals surface area contributed by atoms with Gasteiger partial charge in [0.05, 0.1) is 45.3 Å². The first-order valence-corrected chi connectivity index (χ1v) is 12.5. The van der Waals surface area contributed by atoms with Crippen LogP contribution in [0.3, 0.4) is 0 Å². The van der Waals surface area contributed by atoms with Crippen molar-refractivity contribution in [2.75, 3.05) is 33.3 Å². The Morgan fingerprint density at radius 2 is 1.69 bits per heavy atom. The Morgan fingerprint density at radius 1 is 1.05 bits per heavy atom. The van der Waals surface area contributed by atoms with Crippen LogP contribution in [0.1, 0.15) is 30.6 Å². The molecule has 0 saturated carbocycles. The molecule has 0 aliphatic heterocycles. The number of azo groups is 1. The summed E-state index contributed by atoms with van der Waals surface area (Å²) in [5, 5.41) is 19.3. The molecular formula is C22H26N6O10S. The van der Waals surface area contributed by atoms with Crippen LogP contribution in [-0.2, 0) is 24.3 Å². The van der Waals surface area contributed by atoms with Crippen molar-refractivity contribution < 1.29 is 46.9 Å². The monoisotopic (exact) mass is 566 g/mol. The van der Waals surface area contributed by atoms with Crippen LogP contribution in [0.2, 0.25) is 0 Å². The van der Waals surface area contributed by atoms with E-state index in [1.807, 2.05) is 0 Å². The van der Waals surface area contributed by atoms with Crippen LogP contribution >= 0.6 is 0 Å². The van der Waals surface area contributed by atoms with E-state index in [1.54, 1.807) is 11.6 Å². The molecule has 3 N–H and O–H groups in total. The van der Waals surface area contributed by atoms with Gasteiger partial charge in [0.1, 0.15) is 10.7 Å². The number of rotatable bonds is 11. The van der Waals surface area contributed by atoms with Gasteiger partial charge in [-0.25, -0.2) is 27.5 Å². The molecule has 16 nitrogen and oxygen atoms in total. The average Bonchev–Trinajstić information content (AvgIpc) is 2.90. The Balaban J connectivity index is 2.41. The molecule has 0 bridgehead atoms. The van der Waals surface area contributed by atoms with Gasteiger partial charge in [-0.1, -0.05) is 6.92 Å². The molecule has 2 aromatic rings. The van der Waals surface area contributed by atoms with E-state index in [4.69, 9.17) is 14.2 Å². The minimum Gasteiger partial charge on any atom is -0.510 e. The number of hydrogen-bond acceptors (Lipinski definition) is 14. The van der Waals surface area contributed by atoms with Crippen molar-refractivity contribution in [3.05, 3.63) is 41.3 Å². The molecule has 0 spiro atoms. The lowest BCUT2D eigenvalue weighted by molar-refractivity contribution is -0.139. The van der Waals surface area contributed by atoms with Crippen molar-refractivity contribution in [1.82, 2.24) is 14.7 Å². The van der Waals surface area contributed by atoms with Gasteiger partial charge in [-0.3, -0.25) is 5.32 Å². The van der Waals surface area contributed by atoms with Gasteiger partial charge < -0.3 is 24.1 Å². The molecular weight excluding hydrogens is 540 g/mol. The molecule has 1 heterocycles. The maximum Gasteiger partial charge on any atom is 0.362 e. The van der Waals surface area contributed by atoms with Crippen LogP contribution < -0.4 is 19.5 Å². The van der Waals surface area contributed by atoms with Crippen LogP contribution in [0.4, 0.5) is 16.4 Å². The van der Waals surface area contributed by atoms with E-state index >= 15 is 0 Å². The highest BCUT2D eigenvalue weighted by Crippen LogP contribution is 2.25. The van der Waals surface area contributed by atoms with Crippen LogP contribution in [0, 0.1) is 0 Å². The van der Waals surface area contributed by atoms with Gasteiger partial charge in [0, 0.05) is 0 Å². The van der Waals surface area contributed by atoms with Crippen molar-refractivity contribution in [2.45, 2.75) is 25.2 Å². The van der Waals surface area contributed by atoms with Gasteiger partial charge in [0.15, 0.2) is 0 Å². The van der Waals surface area contributed by atoms with Gasteiger partial charge in [0.2, 0.25) is 23.4 Å². The van der Waals surface area contributed by atoms with Crippen molar-refractivity contribution >= 4 is 39.6 Å². The molecule has 210 valence electrons. The molecule has 0 aliphatic carbocycles. The van der Waals surface area contributed by atoms with Crippen molar-refractivity contribution in [2.24, 2.45) is 10.2 Å². The molecule has 0 radical (unpaired) electrons. The van der Waals surface area contributed by atoms with Crippen LogP contribution in [0.15, 0.2) is 50.8 Å². The Labute approximate surface area is 223 Å². The Kier molecular flexibility index (Phi) is 10.7. The number of allylic oxidation sites excluding steroid dienone is 1. The van der Waals surface area contributed by atoms with Gasteiger partial charge in [-0.2, -0.15) is 15.1 Å². The predicted octanol–water partition coefficient (Wildman–Crippen LogP) is 2.62. The molecule has 0 aliphatic rings. The van der Waals surface area contributed by atoms with Crippen molar-refractivity contribution in [1.29, 1.82) is 0 Å². The summed E-state index contributed by atoms with van der Waals surface area (Å²) in [7, 11) is -1.09. The molecule has 17 heteroatoms. The van der Waals surface area contributed by atoms with E-state index in [9.17, 15) is 27.9 Å². The number of sulfonamides is 1. The lowest BCUT2D eigenvalue weighted by atomic mass is 10.2. The second-order valence-electron chi connectivity index (χ2n) is 7.28. The predicted molar refractivity (Wildman–Crippen MR) is 133 cm³/mol. The number of aliphatic hydroxyl groups excluding tert-OH is 1. The standard InChI is InChI=1S/C22H26N6O10S/c1-6-9-38-20(31)18(12(2)29)27-26-13-7-8-14(19(30)37-5)15(10-13)39(33,34)28-22(32)25-21-23-16(35-3)11-17(24-21)36-4/h7-8,10-11,29H,6,9H2,1-5H3,(H2,23,24,25,28,32)/b18-12+,27-26?. The first kappa shape index (κ1) is 30.4. The molecule has 1 aromatic carbocycles. The zero-order chi connectivity index (χ0) is 29.2. The summed E-state index contributed by atoms with van der Waals surface area (Å²) in [4.78, 5) is 43.8. The topological polar surface area (TPSA) is 217 Å². The van der Waals surface area contributed by atoms with E-state index < -0.39 is 49.9 Å². The number of esters is 2. The summed E-state index contributed by atoms with van der Waals surface area (Å²) in [5.41, 5.74) is -1.12. The molecule has 0 atom stereocenters. The second-order valence-corrected chi connectivity index (χ2v) is 8.93. The molecule has 2 amide bonds. The molecule has 0 saturated heterocycles. The highest BCUT2D eigenvalue weighted by molar-refractivity contribution is 7.90. The highest BCUT2D eigenvalue weighted by atomic mass is 32.2. The summed E-state index contributed by atoms with van der Waals surface area (Å²) in [5.74, 6) is -2.77. The lowest BCUT2D eigenvalue weighted by Crippen LogP contribution is -2.35. The third-order valence-corrected chi connectivity index (χ3v) is 5.82. The number of nitrogens with one attached hydrogen (secondary N) is 2. The SMILES string of the molecule is CCCOC(=O)/C(N=Nc1ccc(C(=O)OC)c(S(=O)(=O)NC(=O)Nc2nc(OC)cc(OC)n2)c1)=C(/C)O. The number of nitrogens with zero attached hydrogens (tertiary/aromatic N) is 4. The summed E-state index contributed by atoms with van der Waals surface area (Å²) in [6, 6.07) is 3.21. The fourth-order valence-electron chi connectivity index (χ4n) is 2.68. The number of urea groups is 1. The molecule has 1 aromatic heterocycles. The van der Waals surface area contributed by atoms with Crippen LogP contribution in [0.25, 0.3) is 0 Å². The summed E-state index contributed by atoms with van der Waals surface area (Å²) < 4.78 is 47.4. The van der Waals surface area contributed by atoms with E-state index in [0.29, 0.717) is 6.42 Å². The number of hydrogen-bond donors (Lipinski definition) is 3. The maximum atomic E-state index is 13.1. The van der Waals surface area contributed by atoms with Gasteiger partial charge in [0.25, 0.3) is 10.0 Å². The quantitative estimate of drug-likeness (QED) is 0.155. The number of carbonyl (C=O) groups is 3. The van der Waals surface area contributed by atoms with E-state index in [0.717, 1.165) is 19.2 Å². The van der Waals surface area contributed by atoms with E-state index in [2.05, 4.69) is 30.3 Å². The van der Waals surface area contributed by atoms with Crippen LogP contribution in [-0.4, -0.2) is 69.4 Å². The first-order chi connectivity index (χ1) is 18.4. The van der Waals surface area contributed by atoms with Gasteiger partial charge >= 0.3 is 18.0 Å². The summed E-state index contributed by atoms with van der Waals surface area (Å²) in [6.45, 7) is 3.02. The van der Waals surface area contributed by atoms with Gasteiger partial charge in [-0.15, -0.1) is 5.11 Å². The lowest BCUT2D eigenvalue weighted by Gasteiger charge is -2.12. The molecule has 2 rings (SSSR count). The summed E-state index contributed by atoms with van der Waals surface area (Å²) in [6.07, 6.45) is 0.523. The number of aliphatic hydroxyl groups is 1. The Bertz CT molecular complexity index is 1380. The Hall–Kier alpha value is -4.80. The second kappa shape index (κ2) is 13.7. The first-order valence-electron chi connectivity index (χ1n) is 11.0. The van der Waals surface area contributed by atoms with E-state index in [1.165, 1.54) is 33.3 Å². The summed E-state index contributed by atoms with van der Waals surface area (Å²) >= 11 is 0. The third kappa shape index (κ3) is 8.35. The fourth-order valence-corrected chi connectivity index (χ4v) is 3.80. The highest BCUT2D eigenvalue weighted by Gasteiger charge is 2.26. The zero-order valence-corrected chi connectivity index (χ0v) is 22.4. The number of anilines is 1. The molecule has 39 heavy (non-hydrogen) atoms. The van der Waals surface area contributed by atoms with Gasteiger partial charge in [-0.05, 0) is 31.5 Å². The third-order valence-electron chi connectivity index (χ3n) is 4.45. The normalized spacial score (nSPS) is 11.8. The minimum atomic E-state index is -4.74. The molecule has 0 fully saturated rings. The number of carbonyl (C=O) groups excluding carboxylic acids is 3. The van der Waals surface area contributed by atoms with E-state index in [-0.39, 0.29) is 30.0 Å². The van der Waals surface area contributed by atoms with Crippen molar-refractivity contribution in [3.63, 3.8) is 0 Å². The Morgan fingerprint density at radius 3 is 2.23 bits per heavy atom. The minimum absolute atomic E-state index is 0.0242. The number of ether oxygens (including phenoxy) is 4. The van der Waals surface area contributed by atoms with Crippen molar-refractivity contribution in [3.8, 4) is 11.8 Å². The fraction of sp³-hybridized carbons (Fsp3) is 0.318. The molecule has 0 unspecified atom stereocenters. The largest absolute Gasteiger partial charge is 0.510 e. The number of methoxy groups -OCH3 is 3.